The topological polar surface area (TPSA) is 293 Å². The van der Waals surface area contributed by atoms with Crippen molar-refractivity contribution in [3.8, 4) is 0 Å². The zero-order valence-electron chi connectivity index (χ0n) is 38.8. The van der Waals surface area contributed by atoms with Crippen molar-refractivity contribution >= 4 is 53.3 Å². The number of rotatable bonds is 24. The van der Waals surface area contributed by atoms with Crippen LogP contribution >= 0.6 is 0 Å². The Kier molecular flexibility index (Phi) is 19.7. The first-order valence-electron chi connectivity index (χ1n) is 23.3. The number of hydrogen-bond donors (Lipinski definition) is 9. The summed E-state index contributed by atoms with van der Waals surface area (Å²) in [6, 6.07) is 13.8. The van der Waals surface area contributed by atoms with Crippen LogP contribution in [0.25, 0.3) is 0 Å². The van der Waals surface area contributed by atoms with Crippen molar-refractivity contribution in [2.45, 2.75) is 120 Å². The summed E-state index contributed by atoms with van der Waals surface area (Å²) in [7, 11) is 0. The van der Waals surface area contributed by atoms with Crippen molar-refractivity contribution in [3.05, 3.63) is 107 Å². The van der Waals surface area contributed by atoms with Crippen LogP contribution in [0.3, 0.4) is 0 Å². The van der Waals surface area contributed by atoms with Crippen molar-refractivity contribution in [1.82, 2.24) is 42.1 Å². The Balaban J connectivity index is 1.33. The molecule has 10 amide bonds. The summed E-state index contributed by atoms with van der Waals surface area (Å²) >= 11 is 0. The number of hydrogen-bond acceptors (Lipinski definition) is 10. The van der Waals surface area contributed by atoms with Crippen molar-refractivity contribution in [1.29, 1.82) is 0 Å². The standard InChI is InChI=1S/C49H63FN10O9/c1-29(2)17-22-34(43(63)56-38(27-32-18-20-33(50)21-19-32)45(65)55-36(42(52)62)25-30-11-5-3-6-12-30)53-47(67)40-16-10-24-60(40)48(68)35(15-9-23-51)54-44(64)37(26-31-13-7-4-8-14-31)57-46(66)39-28-41(61)59-49(69)58-39/h3-8,11-14,18-21,29,34-40H,9-10,15-17,22-28,51H2,1-2H3,(H2,52,62)(H,53,67)(H,54,64)(H,55,65)(H,56,63)(H,57,66)(H2,58,59,61,69). The van der Waals surface area contributed by atoms with Crippen LogP contribution < -0.4 is 48.7 Å². The van der Waals surface area contributed by atoms with Crippen molar-refractivity contribution in [2.75, 3.05) is 13.1 Å². The molecule has 7 unspecified atom stereocenters. The Labute approximate surface area is 400 Å². The molecule has 5 rings (SSSR count). The number of carbonyl (C=O) groups is 9. The third kappa shape index (κ3) is 16.2. The van der Waals surface area contributed by atoms with Crippen molar-refractivity contribution in [2.24, 2.45) is 17.4 Å². The molecular formula is C49H63FN10O9. The number of primary amides is 1. The molecule has 0 aliphatic carbocycles. The number of nitrogens with two attached hydrogens (primary N) is 2. The normalized spacial score (nSPS) is 17.8. The highest BCUT2D eigenvalue weighted by atomic mass is 19.1. The molecular weight excluding hydrogens is 892 g/mol. The summed E-state index contributed by atoms with van der Waals surface area (Å²) in [5, 5.41) is 18.0. The van der Waals surface area contributed by atoms with Gasteiger partial charge in [-0.1, -0.05) is 86.6 Å². The maximum atomic E-state index is 14.5. The molecule has 2 fully saturated rings. The van der Waals surface area contributed by atoms with Gasteiger partial charge in [0.25, 0.3) is 0 Å². The molecule has 3 aromatic rings. The second-order valence-electron chi connectivity index (χ2n) is 17.8. The van der Waals surface area contributed by atoms with E-state index in [-0.39, 0.29) is 64.0 Å². The average Bonchev–Trinajstić information content (AvgIpc) is 3.82. The zero-order chi connectivity index (χ0) is 50.0. The van der Waals surface area contributed by atoms with Gasteiger partial charge in [-0.3, -0.25) is 43.7 Å². The number of imide groups is 1. The largest absolute Gasteiger partial charge is 0.368 e. The van der Waals surface area contributed by atoms with E-state index in [1.54, 1.807) is 60.7 Å². The fourth-order valence-electron chi connectivity index (χ4n) is 8.17. The van der Waals surface area contributed by atoms with Gasteiger partial charge in [-0.2, -0.15) is 0 Å². The lowest BCUT2D eigenvalue weighted by Crippen LogP contribution is -2.61. The number of nitrogens with zero attached hydrogens (tertiary/aromatic N) is 1. The Morgan fingerprint density at radius 1 is 0.667 bits per heavy atom. The van der Waals surface area contributed by atoms with Crippen molar-refractivity contribution in [3.63, 3.8) is 0 Å². The molecule has 0 saturated carbocycles. The predicted molar refractivity (Wildman–Crippen MR) is 251 cm³/mol. The minimum Gasteiger partial charge on any atom is -0.368 e. The lowest BCUT2D eigenvalue weighted by molar-refractivity contribution is -0.142. The Hall–Kier alpha value is -7.22. The van der Waals surface area contributed by atoms with Crippen molar-refractivity contribution < 1.29 is 47.5 Å². The van der Waals surface area contributed by atoms with E-state index in [2.05, 4.69) is 37.2 Å². The van der Waals surface area contributed by atoms with E-state index in [0.717, 1.165) is 5.56 Å². The summed E-state index contributed by atoms with van der Waals surface area (Å²) < 4.78 is 13.9. The van der Waals surface area contributed by atoms with E-state index >= 15 is 0 Å². The van der Waals surface area contributed by atoms with E-state index in [0.29, 0.717) is 30.4 Å². The SMILES string of the molecule is CC(C)CCC(NC(=O)C1CCCN1C(=O)C(CCCN)NC(=O)C(Cc1ccccc1)NC(=O)C1CC(=O)NC(=O)N1)C(=O)NC(Cc1ccc(F)cc1)C(=O)NC(Cc1ccccc1)C(N)=O. The quantitative estimate of drug-likeness (QED) is 0.0600. The molecule has 20 heteroatoms. The van der Waals surface area contributed by atoms with Gasteiger partial charge in [0.2, 0.25) is 47.3 Å². The molecule has 0 bridgehead atoms. The molecule has 2 aliphatic heterocycles. The number of nitrogens with one attached hydrogen (secondary N) is 7. The summed E-state index contributed by atoms with van der Waals surface area (Å²) in [6.45, 7) is 4.19. The first-order chi connectivity index (χ1) is 33.0. The maximum absolute atomic E-state index is 14.5. The first-order valence-corrected chi connectivity index (χ1v) is 23.3. The Bertz CT molecular complexity index is 2270. The van der Waals surface area contributed by atoms with E-state index in [4.69, 9.17) is 11.5 Å². The summed E-state index contributed by atoms with van der Waals surface area (Å²) in [5.41, 5.74) is 13.4. The summed E-state index contributed by atoms with van der Waals surface area (Å²) in [6.07, 6.45) is 1.26. The van der Waals surface area contributed by atoms with Crippen LogP contribution in [0.15, 0.2) is 84.9 Å². The minimum absolute atomic E-state index is 0.0104. The predicted octanol–water partition coefficient (Wildman–Crippen LogP) is 0.527. The molecule has 69 heavy (non-hydrogen) atoms. The molecule has 19 nitrogen and oxygen atoms in total. The van der Waals surface area contributed by atoms with Crippen LogP contribution in [0, 0.1) is 11.7 Å². The fourth-order valence-corrected chi connectivity index (χ4v) is 8.17. The number of halogens is 1. The van der Waals surface area contributed by atoms with Gasteiger partial charge in [-0.25, -0.2) is 9.18 Å². The summed E-state index contributed by atoms with van der Waals surface area (Å²) in [5.74, 6) is -6.09. The van der Waals surface area contributed by atoms with Crippen LogP contribution in [0.4, 0.5) is 9.18 Å². The van der Waals surface area contributed by atoms with Gasteiger partial charge < -0.3 is 48.3 Å². The van der Waals surface area contributed by atoms with E-state index in [1.807, 2.05) is 13.8 Å². The summed E-state index contributed by atoms with van der Waals surface area (Å²) in [4.78, 5) is 122. The highest BCUT2D eigenvalue weighted by Crippen LogP contribution is 2.21. The maximum Gasteiger partial charge on any atom is 0.322 e. The highest BCUT2D eigenvalue weighted by Gasteiger charge is 2.40. The molecule has 0 radical (unpaired) electrons. The van der Waals surface area contributed by atoms with Crippen LogP contribution in [-0.2, 0) is 57.6 Å². The van der Waals surface area contributed by atoms with E-state index < -0.39 is 101 Å². The average molecular weight is 955 g/mol. The first kappa shape index (κ1) is 52.7. The monoisotopic (exact) mass is 954 g/mol. The number of likely N-dealkylation sites (tertiary alicyclic amines) is 1. The third-order valence-corrected chi connectivity index (χ3v) is 11.9. The molecule has 2 heterocycles. The highest BCUT2D eigenvalue weighted by molar-refractivity contribution is 6.03. The van der Waals surface area contributed by atoms with Gasteiger partial charge in [0.15, 0.2) is 0 Å². The number of amides is 10. The molecule has 7 atom stereocenters. The molecule has 2 saturated heterocycles. The minimum atomic E-state index is -1.30. The fraction of sp³-hybridized carbons (Fsp3) is 0.449. The Morgan fingerprint density at radius 3 is 1.75 bits per heavy atom. The number of urea groups is 1. The lowest BCUT2D eigenvalue weighted by atomic mass is 10.00. The molecule has 370 valence electrons. The van der Waals surface area contributed by atoms with Gasteiger partial charge in [0, 0.05) is 25.8 Å². The lowest BCUT2D eigenvalue weighted by Gasteiger charge is -2.31. The van der Waals surface area contributed by atoms with Gasteiger partial charge >= 0.3 is 6.03 Å². The smallest absolute Gasteiger partial charge is 0.322 e. The molecule has 11 N–H and O–H groups in total. The molecule has 0 spiro atoms. The number of benzene rings is 3. The van der Waals surface area contributed by atoms with E-state index in [1.165, 1.54) is 29.2 Å². The second-order valence-corrected chi connectivity index (χ2v) is 17.8. The van der Waals surface area contributed by atoms with Crippen LogP contribution in [0.5, 0.6) is 0 Å². The van der Waals surface area contributed by atoms with Gasteiger partial charge in [0.1, 0.15) is 48.1 Å². The van der Waals surface area contributed by atoms with Crippen LogP contribution in [0.2, 0.25) is 0 Å². The van der Waals surface area contributed by atoms with Gasteiger partial charge in [-0.05, 0) is 79.8 Å². The van der Waals surface area contributed by atoms with E-state index in [9.17, 15) is 47.5 Å². The van der Waals surface area contributed by atoms with Crippen LogP contribution in [-0.4, -0.2) is 114 Å². The number of carbonyl (C=O) groups excluding carboxylic acids is 9. The molecule has 3 aromatic carbocycles. The third-order valence-electron chi connectivity index (χ3n) is 11.9. The zero-order valence-corrected chi connectivity index (χ0v) is 38.8. The van der Waals surface area contributed by atoms with Gasteiger partial charge in [-0.15, -0.1) is 0 Å². The second kappa shape index (κ2) is 25.8. The van der Waals surface area contributed by atoms with Crippen LogP contribution in [0.1, 0.15) is 75.5 Å². The molecule has 0 aromatic heterocycles. The van der Waals surface area contributed by atoms with Gasteiger partial charge in [0.05, 0.1) is 6.42 Å². The molecule has 2 aliphatic rings. The Morgan fingerprint density at radius 2 is 1.19 bits per heavy atom.